The van der Waals surface area contributed by atoms with E-state index in [1.165, 1.54) is 7.11 Å². The van der Waals surface area contributed by atoms with Crippen LogP contribution in [-0.4, -0.2) is 66.6 Å². The highest BCUT2D eigenvalue weighted by molar-refractivity contribution is 5.11. The van der Waals surface area contributed by atoms with Crippen LogP contribution in [0, 0.1) is 0 Å². The van der Waals surface area contributed by atoms with Crippen molar-refractivity contribution in [3.63, 3.8) is 0 Å². The number of nitrogens with zero attached hydrogens (tertiary/aromatic N) is 5. The molecule has 3 heterocycles. The number of hydrogen-bond acceptors (Lipinski definition) is 8. The van der Waals surface area contributed by atoms with Crippen molar-refractivity contribution < 1.29 is 24.6 Å². The van der Waals surface area contributed by atoms with Crippen molar-refractivity contribution in [2.24, 2.45) is 0 Å². The van der Waals surface area contributed by atoms with E-state index in [0.717, 1.165) is 10.1 Å². The van der Waals surface area contributed by atoms with Crippen LogP contribution in [0.15, 0.2) is 0 Å². The maximum Gasteiger partial charge on any atom is 0.326 e. The Labute approximate surface area is 190 Å². The van der Waals surface area contributed by atoms with Gasteiger partial charge in [-0.1, -0.05) is 0 Å². The van der Waals surface area contributed by atoms with Crippen LogP contribution in [0.5, 0.6) is 18.0 Å². The van der Waals surface area contributed by atoms with Crippen LogP contribution in [0.3, 0.4) is 0 Å². The first kappa shape index (κ1) is 24.9. The molecular formula is C22H37N5O5. The molecule has 0 amide bonds. The highest BCUT2D eigenvalue weighted by Gasteiger charge is 2.48. The predicted octanol–water partition coefficient (Wildman–Crippen LogP) is 3.37. The van der Waals surface area contributed by atoms with Gasteiger partial charge in [0, 0.05) is 47.8 Å². The van der Waals surface area contributed by atoms with Crippen LogP contribution >= 0.6 is 0 Å². The second kappa shape index (κ2) is 8.23. The molecule has 180 valence electrons. The molecule has 10 nitrogen and oxygen atoms in total. The van der Waals surface area contributed by atoms with Crippen molar-refractivity contribution in [3.05, 3.63) is 0 Å². The molecule has 1 aromatic rings. The molecule has 32 heavy (non-hydrogen) atoms. The average Bonchev–Trinajstić information content (AvgIpc) is 2.63. The van der Waals surface area contributed by atoms with Crippen molar-refractivity contribution in [3.8, 4) is 18.0 Å². The Morgan fingerprint density at radius 3 is 1.19 bits per heavy atom. The van der Waals surface area contributed by atoms with Crippen LogP contribution in [0.1, 0.15) is 81.1 Å². The Balaban J connectivity index is 1.79. The number of aromatic nitrogens is 3. The van der Waals surface area contributed by atoms with Crippen molar-refractivity contribution >= 4 is 0 Å². The van der Waals surface area contributed by atoms with Crippen LogP contribution in [0.25, 0.3) is 0 Å². The quantitative estimate of drug-likeness (QED) is 0.670. The first-order valence-electron chi connectivity index (χ1n) is 11.1. The maximum atomic E-state index is 12.6. The number of piperidine rings is 2. The van der Waals surface area contributed by atoms with Gasteiger partial charge < -0.3 is 14.2 Å². The molecule has 0 N–H and O–H groups in total. The molecule has 1 aromatic heterocycles. The van der Waals surface area contributed by atoms with Gasteiger partial charge in [-0.15, -0.1) is 35.5 Å². The van der Waals surface area contributed by atoms with Gasteiger partial charge in [0.25, 0.3) is 0 Å². The second-order valence-electron chi connectivity index (χ2n) is 11.5. The van der Waals surface area contributed by atoms with E-state index in [4.69, 9.17) is 14.2 Å². The fourth-order valence-corrected chi connectivity index (χ4v) is 5.33. The minimum absolute atomic E-state index is 0.0876. The van der Waals surface area contributed by atoms with E-state index in [0.29, 0.717) is 25.7 Å². The fourth-order valence-electron chi connectivity index (χ4n) is 5.33. The lowest BCUT2D eigenvalue weighted by molar-refractivity contribution is -0.297. The monoisotopic (exact) mass is 451 g/mol. The minimum atomic E-state index is -0.577. The maximum absolute atomic E-state index is 12.6. The minimum Gasteiger partial charge on any atom is -0.467 e. The number of methoxy groups -OCH3 is 1. The second-order valence-corrected chi connectivity index (χ2v) is 11.5. The lowest BCUT2D eigenvalue weighted by atomic mass is 9.80. The van der Waals surface area contributed by atoms with Gasteiger partial charge >= 0.3 is 18.0 Å². The van der Waals surface area contributed by atoms with Gasteiger partial charge in [-0.05, 0) is 55.4 Å². The average molecular weight is 452 g/mol. The molecule has 2 aliphatic rings. The van der Waals surface area contributed by atoms with Crippen molar-refractivity contribution in [2.45, 2.75) is 115 Å². The fraction of sp³-hybridized carbons (Fsp3) is 0.864. The highest BCUT2D eigenvalue weighted by Crippen LogP contribution is 2.40. The van der Waals surface area contributed by atoms with E-state index in [-0.39, 0.29) is 30.2 Å². The topological polar surface area (TPSA) is 113 Å². The van der Waals surface area contributed by atoms with Crippen LogP contribution in [-0.2, 0) is 10.4 Å². The van der Waals surface area contributed by atoms with Gasteiger partial charge in [0.15, 0.2) is 0 Å². The van der Waals surface area contributed by atoms with Gasteiger partial charge in [0.05, 0.1) is 7.11 Å². The summed E-state index contributed by atoms with van der Waals surface area (Å²) in [4.78, 5) is 12.8. The largest absolute Gasteiger partial charge is 0.467 e. The molecule has 3 rings (SSSR count). The van der Waals surface area contributed by atoms with E-state index in [1.807, 2.05) is 55.4 Å². The zero-order valence-electron chi connectivity index (χ0n) is 20.8. The molecule has 0 saturated carbocycles. The first-order valence-corrected chi connectivity index (χ1v) is 11.1. The summed E-state index contributed by atoms with van der Waals surface area (Å²) in [6, 6.07) is 0.287. The summed E-state index contributed by atoms with van der Waals surface area (Å²) in [6.07, 6.45) is 1.66. The van der Waals surface area contributed by atoms with E-state index >= 15 is 0 Å². The molecule has 0 aliphatic carbocycles. The lowest BCUT2D eigenvalue weighted by Gasteiger charge is -2.49. The summed E-state index contributed by atoms with van der Waals surface area (Å²) in [6.45, 7) is 15.3. The summed E-state index contributed by atoms with van der Waals surface area (Å²) in [5, 5.41) is 27.5. The standard InChI is InChI=1S/C22H37N5O5/c1-19(2)10-14(11-20(3,4)26(19)28)31-17-23-16(30-9)24-18(25-17)32-15-12-21(5,6)27(29)22(7,8)13-15/h14-15H,10-13H2,1-9H3. The van der Waals surface area contributed by atoms with E-state index in [9.17, 15) is 10.4 Å². The summed E-state index contributed by atoms with van der Waals surface area (Å²) >= 11 is 0. The molecule has 0 atom stereocenters. The zero-order valence-corrected chi connectivity index (χ0v) is 20.8. The Hall–Kier alpha value is -1.75. The Bertz CT molecular complexity index is 731. The molecule has 0 aromatic carbocycles. The number of hydrogen-bond donors (Lipinski definition) is 0. The molecule has 2 saturated heterocycles. The summed E-state index contributed by atoms with van der Waals surface area (Å²) in [5.74, 6) is 0. The third-order valence-electron chi connectivity index (χ3n) is 6.41. The summed E-state index contributed by atoms with van der Waals surface area (Å²) in [5.41, 5.74) is -2.31. The van der Waals surface area contributed by atoms with E-state index < -0.39 is 22.2 Å². The van der Waals surface area contributed by atoms with Gasteiger partial charge in [-0.3, -0.25) is 0 Å². The summed E-state index contributed by atoms with van der Waals surface area (Å²) < 4.78 is 17.4. The molecule has 0 unspecified atom stereocenters. The number of ether oxygens (including phenoxy) is 3. The van der Waals surface area contributed by atoms with E-state index in [2.05, 4.69) is 15.0 Å². The third kappa shape index (κ3) is 5.08. The molecule has 2 radical (unpaired) electrons. The SMILES string of the molecule is COc1nc(OC2CC(C)(C)N([O])C(C)(C)C2)nc(OC2CC(C)(C)N([O])C(C)(C)C2)n1. The van der Waals surface area contributed by atoms with Gasteiger partial charge in [-0.2, -0.15) is 0 Å². The Kier molecular flexibility index (Phi) is 6.40. The van der Waals surface area contributed by atoms with Crippen molar-refractivity contribution in [2.75, 3.05) is 7.11 Å². The Morgan fingerprint density at radius 1 is 0.625 bits per heavy atom. The summed E-state index contributed by atoms with van der Waals surface area (Å²) in [7, 11) is 1.47. The van der Waals surface area contributed by atoms with Gasteiger partial charge in [0.2, 0.25) is 0 Å². The van der Waals surface area contributed by atoms with Crippen LogP contribution in [0.2, 0.25) is 0 Å². The first-order chi connectivity index (χ1) is 14.6. The molecule has 2 aliphatic heterocycles. The van der Waals surface area contributed by atoms with Crippen molar-refractivity contribution in [1.82, 2.24) is 25.1 Å². The highest BCUT2D eigenvalue weighted by atomic mass is 16.5. The smallest absolute Gasteiger partial charge is 0.326 e. The zero-order chi connectivity index (χ0) is 24.1. The lowest BCUT2D eigenvalue weighted by Crippen LogP contribution is -2.60. The molecule has 10 heteroatoms. The normalized spacial score (nSPS) is 26.0. The van der Waals surface area contributed by atoms with Crippen molar-refractivity contribution in [1.29, 1.82) is 0 Å². The molecular weight excluding hydrogens is 414 g/mol. The number of hydroxylamine groups is 4. The predicted molar refractivity (Wildman–Crippen MR) is 115 cm³/mol. The number of rotatable bonds is 5. The van der Waals surface area contributed by atoms with Crippen LogP contribution in [0.4, 0.5) is 0 Å². The Morgan fingerprint density at radius 2 is 0.906 bits per heavy atom. The third-order valence-corrected chi connectivity index (χ3v) is 6.41. The van der Waals surface area contributed by atoms with E-state index in [1.54, 1.807) is 0 Å². The molecule has 0 spiro atoms. The molecule has 2 fully saturated rings. The molecule has 0 bridgehead atoms. The van der Waals surface area contributed by atoms with Crippen LogP contribution < -0.4 is 14.2 Å². The van der Waals surface area contributed by atoms with Gasteiger partial charge in [-0.25, -0.2) is 0 Å². The van der Waals surface area contributed by atoms with Gasteiger partial charge in [0.1, 0.15) is 12.2 Å².